The Kier molecular flexibility index (Phi) is 4.35. The maximum Gasteiger partial charge on any atom is 0.341 e. The second-order valence-corrected chi connectivity index (χ2v) is 3.94. The minimum absolute atomic E-state index is 0.181. The summed E-state index contributed by atoms with van der Waals surface area (Å²) in [4.78, 5) is 9.43. The van der Waals surface area contributed by atoms with Gasteiger partial charge in [-0.3, -0.25) is 0 Å². The van der Waals surface area contributed by atoms with E-state index in [4.69, 9.17) is 10.2 Å². The van der Waals surface area contributed by atoms with Gasteiger partial charge in [0.1, 0.15) is 5.56 Å². The van der Waals surface area contributed by atoms with Crippen molar-refractivity contribution in [2.75, 3.05) is 12.4 Å². The molecule has 17 heavy (non-hydrogen) atoms. The van der Waals surface area contributed by atoms with Crippen LogP contribution in [0.1, 0.15) is 10.4 Å². The average Bonchev–Trinajstić information content (AvgIpc) is 2.26. The number of carbonyl (C=O) groups is 1. The van der Waals surface area contributed by atoms with Crippen LogP contribution in [0.4, 0.5) is 17.6 Å². The minimum Gasteiger partial charge on any atom is -0.477 e. The normalized spacial score (nSPS) is 10.6. The molecule has 0 unspecified atom stereocenters. The van der Waals surface area contributed by atoms with Crippen LogP contribution in [0.15, 0.2) is 4.90 Å². The molecule has 94 valence electrons. The molecule has 0 bridgehead atoms. The van der Waals surface area contributed by atoms with Crippen molar-refractivity contribution in [3.63, 3.8) is 0 Å². The van der Waals surface area contributed by atoms with E-state index in [9.17, 15) is 22.4 Å². The smallest absolute Gasteiger partial charge is 0.341 e. The molecule has 1 rings (SSSR count). The fourth-order valence-corrected chi connectivity index (χ4v) is 1.80. The summed E-state index contributed by atoms with van der Waals surface area (Å²) in [5.74, 6) is -9.76. The molecule has 0 aliphatic rings. The van der Waals surface area contributed by atoms with E-state index in [0.717, 1.165) is 0 Å². The minimum atomic E-state index is -2.10. The van der Waals surface area contributed by atoms with Crippen LogP contribution in [0.25, 0.3) is 0 Å². The van der Waals surface area contributed by atoms with Gasteiger partial charge in [0.2, 0.25) is 0 Å². The highest BCUT2D eigenvalue weighted by Gasteiger charge is 2.29. The topological polar surface area (TPSA) is 57.5 Å². The largest absolute Gasteiger partial charge is 0.477 e. The Labute approximate surface area is 97.1 Å². The van der Waals surface area contributed by atoms with E-state index >= 15 is 0 Å². The number of hydrogen-bond acceptors (Lipinski definition) is 3. The number of aliphatic hydroxyl groups excluding tert-OH is 1. The first kappa shape index (κ1) is 13.8. The van der Waals surface area contributed by atoms with E-state index in [1.54, 1.807) is 0 Å². The fourth-order valence-electron chi connectivity index (χ4n) is 1.07. The molecule has 0 radical (unpaired) electrons. The number of halogens is 4. The first-order valence-electron chi connectivity index (χ1n) is 4.24. The maximum absolute atomic E-state index is 13.2. The van der Waals surface area contributed by atoms with Crippen molar-refractivity contribution in [2.45, 2.75) is 4.90 Å². The van der Waals surface area contributed by atoms with Gasteiger partial charge in [-0.2, -0.15) is 0 Å². The van der Waals surface area contributed by atoms with E-state index in [1.165, 1.54) is 0 Å². The monoisotopic (exact) mass is 270 g/mol. The second kappa shape index (κ2) is 5.37. The Balaban J connectivity index is 3.41. The summed E-state index contributed by atoms with van der Waals surface area (Å²) in [5, 5.41) is 16.8. The number of thioether (sulfide) groups is 1. The molecular formula is C9H6F4O3S. The molecule has 0 aromatic heterocycles. The molecule has 1 aromatic carbocycles. The first-order valence-corrected chi connectivity index (χ1v) is 5.23. The quantitative estimate of drug-likeness (QED) is 0.499. The summed E-state index contributed by atoms with van der Waals surface area (Å²) in [5.41, 5.74) is -1.67. The zero-order valence-corrected chi connectivity index (χ0v) is 8.95. The highest BCUT2D eigenvalue weighted by Crippen LogP contribution is 2.31. The van der Waals surface area contributed by atoms with Crippen LogP contribution in [0.3, 0.4) is 0 Å². The van der Waals surface area contributed by atoms with E-state index in [2.05, 4.69) is 0 Å². The molecule has 0 heterocycles. The standard InChI is InChI=1S/C9H6F4O3S/c10-4-3(9(15)16)5(11)7(13)8(6(4)12)17-2-1-14/h14H,1-2H2,(H,15,16). The lowest BCUT2D eigenvalue weighted by atomic mass is 10.2. The van der Waals surface area contributed by atoms with Gasteiger partial charge in [-0.15, -0.1) is 11.8 Å². The molecule has 0 aliphatic heterocycles. The summed E-state index contributed by atoms with van der Waals surface area (Å²) in [6, 6.07) is 0. The maximum atomic E-state index is 13.2. The number of carboxylic acids is 1. The van der Waals surface area contributed by atoms with Crippen LogP contribution < -0.4 is 0 Å². The van der Waals surface area contributed by atoms with Gasteiger partial charge in [0.25, 0.3) is 0 Å². The first-order chi connectivity index (χ1) is 7.91. The van der Waals surface area contributed by atoms with E-state index < -0.39 is 46.3 Å². The molecule has 0 saturated carbocycles. The Hall–Kier alpha value is -1.28. The Bertz CT molecular complexity index is 435. The molecule has 0 aliphatic carbocycles. The summed E-state index contributed by atoms with van der Waals surface area (Å²) >= 11 is 0.349. The van der Waals surface area contributed by atoms with Crippen molar-refractivity contribution in [1.82, 2.24) is 0 Å². The molecule has 0 amide bonds. The van der Waals surface area contributed by atoms with Gasteiger partial charge >= 0.3 is 5.97 Å². The van der Waals surface area contributed by atoms with Crippen LogP contribution in [0.5, 0.6) is 0 Å². The summed E-state index contributed by atoms with van der Waals surface area (Å²) < 4.78 is 52.8. The molecule has 0 fully saturated rings. The van der Waals surface area contributed by atoms with E-state index in [0.29, 0.717) is 11.8 Å². The Morgan fingerprint density at radius 1 is 1.06 bits per heavy atom. The Morgan fingerprint density at radius 2 is 1.53 bits per heavy atom. The predicted octanol–water partition coefficient (Wildman–Crippen LogP) is 2.03. The van der Waals surface area contributed by atoms with Crippen LogP contribution in [0.2, 0.25) is 0 Å². The highest BCUT2D eigenvalue weighted by atomic mass is 32.2. The molecule has 0 spiro atoms. The molecule has 0 atom stereocenters. The number of aliphatic hydroxyl groups is 1. The molecule has 3 nitrogen and oxygen atoms in total. The number of hydrogen-bond donors (Lipinski definition) is 2. The summed E-state index contributed by atoms with van der Waals surface area (Å²) in [6.07, 6.45) is 0. The van der Waals surface area contributed by atoms with Gasteiger partial charge in [0.05, 0.1) is 11.5 Å². The highest BCUT2D eigenvalue weighted by molar-refractivity contribution is 7.99. The lowest BCUT2D eigenvalue weighted by Crippen LogP contribution is -2.11. The van der Waals surface area contributed by atoms with Crippen molar-refractivity contribution in [3.8, 4) is 0 Å². The Morgan fingerprint density at radius 3 is 1.88 bits per heavy atom. The molecule has 1 aromatic rings. The lowest BCUT2D eigenvalue weighted by Gasteiger charge is -2.08. The predicted molar refractivity (Wildman–Crippen MR) is 51.0 cm³/mol. The second-order valence-electron chi connectivity index (χ2n) is 2.84. The van der Waals surface area contributed by atoms with Gasteiger partial charge in [-0.05, 0) is 0 Å². The molecule has 2 N–H and O–H groups in total. The third-order valence-corrected chi connectivity index (χ3v) is 2.81. The van der Waals surface area contributed by atoms with Crippen molar-refractivity contribution in [2.24, 2.45) is 0 Å². The van der Waals surface area contributed by atoms with Crippen LogP contribution in [-0.2, 0) is 0 Å². The van der Waals surface area contributed by atoms with Crippen LogP contribution >= 0.6 is 11.8 Å². The fraction of sp³-hybridized carbons (Fsp3) is 0.222. The molecule has 8 heteroatoms. The lowest BCUT2D eigenvalue weighted by molar-refractivity contribution is 0.0683. The number of carboxylic acid groups (broad SMARTS) is 1. The third kappa shape index (κ3) is 2.52. The van der Waals surface area contributed by atoms with Crippen LogP contribution in [0, 0.1) is 23.3 Å². The van der Waals surface area contributed by atoms with E-state index in [-0.39, 0.29) is 5.75 Å². The number of benzene rings is 1. The van der Waals surface area contributed by atoms with Gasteiger partial charge in [0, 0.05) is 5.75 Å². The zero-order chi connectivity index (χ0) is 13.2. The third-order valence-electron chi connectivity index (χ3n) is 1.77. The van der Waals surface area contributed by atoms with Crippen molar-refractivity contribution < 1.29 is 32.6 Å². The van der Waals surface area contributed by atoms with Gasteiger partial charge in [0.15, 0.2) is 23.3 Å². The number of rotatable bonds is 4. The number of aromatic carboxylic acids is 1. The van der Waals surface area contributed by atoms with E-state index in [1.807, 2.05) is 0 Å². The van der Waals surface area contributed by atoms with Gasteiger partial charge in [-0.1, -0.05) is 0 Å². The van der Waals surface area contributed by atoms with Crippen LogP contribution in [-0.4, -0.2) is 28.5 Å². The average molecular weight is 270 g/mol. The molecular weight excluding hydrogens is 264 g/mol. The zero-order valence-electron chi connectivity index (χ0n) is 8.14. The van der Waals surface area contributed by atoms with Crippen molar-refractivity contribution in [3.05, 3.63) is 28.8 Å². The van der Waals surface area contributed by atoms with Gasteiger partial charge in [-0.25, -0.2) is 22.4 Å². The SMILES string of the molecule is O=C(O)c1c(F)c(F)c(SCCO)c(F)c1F. The van der Waals surface area contributed by atoms with Crippen molar-refractivity contribution >= 4 is 17.7 Å². The molecule has 0 saturated heterocycles. The van der Waals surface area contributed by atoms with Gasteiger partial charge < -0.3 is 10.2 Å². The van der Waals surface area contributed by atoms with Crippen molar-refractivity contribution in [1.29, 1.82) is 0 Å². The summed E-state index contributed by atoms with van der Waals surface area (Å²) in [7, 11) is 0. The summed E-state index contributed by atoms with van der Waals surface area (Å²) in [6.45, 7) is -0.451.